The number of rotatable bonds is 6. The van der Waals surface area contributed by atoms with Gasteiger partial charge < -0.3 is 16.0 Å². The van der Waals surface area contributed by atoms with E-state index in [0.717, 1.165) is 35.6 Å². The van der Waals surface area contributed by atoms with Crippen molar-refractivity contribution in [2.75, 3.05) is 16.0 Å². The molecule has 0 unspecified atom stereocenters. The first kappa shape index (κ1) is 17.9. The van der Waals surface area contributed by atoms with Gasteiger partial charge in [0.1, 0.15) is 23.3 Å². The number of amides is 1. The summed E-state index contributed by atoms with van der Waals surface area (Å²) in [5, 5.41) is 9.42. The maximum atomic E-state index is 11.8. The van der Waals surface area contributed by atoms with Crippen molar-refractivity contribution in [3.63, 3.8) is 0 Å². The van der Waals surface area contributed by atoms with Crippen LogP contribution in [0, 0.1) is 19.8 Å². The molecule has 1 fully saturated rings. The molecule has 0 saturated heterocycles. The van der Waals surface area contributed by atoms with Gasteiger partial charge in [0, 0.05) is 29.6 Å². The maximum absolute atomic E-state index is 11.8. The summed E-state index contributed by atoms with van der Waals surface area (Å²) < 4.78 is 0. The molecule has 1 amide bonds. The third-order valence-electron chi connectivity index (χ3n) is 4.38. The van der Waals surface area contributed by atoms with Crippen molar-refractivity contribution in [2.45, 2.75) is 26.7 Å². The summed E-state index contributed by atoms with van der Waals surface area (Å²) in [6, 6.07) is 13.3. The van der Waals surface area contributed by atoms with Crippen LogP contribution in [-0.4, -0.2) is 20.9 Å². The Morgan fingerprint density at radius 3 is 2.25 bits per heavy atom. The first-order valence-electron chi connectivity index (χ1n) is 9.28. The maximum Gasteiger partial charge on any atom is 0.227 e. The molecular formula is C21H22N6O. The predicted molar refractivity (Wildman–Crippen MR) is 110 cm³/mol. The van der Waals surface area contributed by atoms with Crippen LogP contribution in [0.5, 0.6) is 0 Å². The summed E-state index contributed by atoms with van der Waals surface area (Å²) in [5.74, 6) is 3.02. The molecule has 1 aliphatic carbocycles. The van der Waals surface area contributed by atoms with Crippen LogP contribution in [0.4, 0.5) is 28.8 Å². The van der Waals surface area contributed by atoms with Crippen LogP contribution in [-0.2, 0) is 4.79 Å². The zero-order valence-electron chi connectivity index (χ0n) is 15.9. The van der Waals surface area contributed by atoms with Gasteiger partial charge in [0.05, 0.1) is 0 Å². The second-order valence-corrected chi connectivity index (χ2v) is 6.99. The fraction of sp³-hybridized carbons (Fsp3) is 0.238. The van der Waals surface area contributed by atoms with Crippen molar-refractivity contribution in [1.82, 2.24) is 15.0 Å². The highest BCUT2D eigenvalue weighted by molar-refractivity contribution is 5.94. The van der Waals surface area contributed by atoms with E-state index in [1.807, 2.05) is 56.3 Å². The number of carbonyl (C=O) groups is 1. The van der Waals surface area contributed by atoms with Crippen LogP contribution in [0.1, 0.15) is 24.2 Å². The molecule has 7 nitrogen and oxygen atoms in total. The number of hydrogen-bond acceptors (Lipinski definition) is 6. The van der Waals surface area contributed by atoms with E-state index in [1.165, 1.54) is 0 Å². The number of benzene rings is 1. The van der Waals surface area contributed by atoms with Gasteiger partial charge in [-0.2, -0.15) is 0 Å². The Morgan fingerprint density at radius 1 is 0.893 bits per heavy atom. The average molecular weight is 374 g/mol. The Morgan fingerprint density at radius 2 is 1.57 bits per heavy atom. The molecular weight excluding hydrogens is 352 g/mol. The zero-order chi connectivity index (χ0) is 19.5. The van der Waals surface area contributed by atoms with E-state index in [4.69, 9.17) is 0 Å². The number of aromatic nitrogens is 3. The van der Waals surface area contributed by atoms with E-state index in [2.05, 4.69) is 30.9 Å². The van der Waals surface area contributed by atoms with E-state index in [1.54, 1.807) is 6.20 Å². The first-order chi connectivity index (χ1) is 13.5. The molecule has 0 aliphatic heterocycles. The fourth-order valence-electron chi connectivity index (χ4n) is 2.81. The number of carbonyl (C=O) groups excluding carboxylic acids is 1. The molecule has 28 heavy (non-hydrogen) atoms. The second kappa shape index (κ2) is 7.64. The highest BCUT2D eigenvalue weighted by atomic mass is 16.2. The van der Waals surface area contributed by atoms with Gasteiger partial charge >= 0.3 is 0 Å². The average Bonchev–Trinajstić information content (AvgIpc) is 3.48. The summed E-state index contributed by atoms with van der Waals surface area (Å²) in [5.41, 5.74) is 2.80. The first-order valence-corrected chi connectivity index (χ1v) is 9.28. The van der Waals surface area contributed by atoms with Gasteiger partial charge in [-0.1, -0.05) is 0 Å². The highest BCUT2D eigenvalue weighted by Crippen LogP contribution is 2.30. The standard InChI is InChI=1S/C21H22N6O/c1-13-9-10-22-18(11-13)27-20-12-19(23-14(2)24-20)25-16-5-7-17(8-6-16)26-21(28)15-3-4-15/h5-12,15H,3-4H2,1-2H3,(H,26,28)(H2,22,23,24,25,27). The van der Waals surface area contributed by atoms with Crippen molar-refractivity contribution >= 4 is 34.7 Å². The van der Waals surface area contributed by atoms with Crippen LogP contribution < -0.4 is 16.0 Å². The molecule has 1 saturated carbocycles. The lowest BCUT2D eigenvalue weighted by Crippen LogP contribution is -2.13. The number of nitrogens with zero attached hydrogens (tertiary/aromatic N) is 3. The molecule has 142 valence electrons. The SMILES string of the molecule is Cc1ccnc(Nc2cc(Nc3ccc(NC(=O)C4CC4)cc3)nc(C)n2)c1. The van der Waals surface area contributed by atoms with Crippen molar-refractivity contribution in [3.05, 3.63) is 60.0 Å². The van der Waals surface area contributed by atoms with Crippen molar-refractivity contribution in [3.8, 4) is 0 Å². The summed E-state index contributed by atoms with van der Waals surface area (Å²) in [4.78, 5) is 25.0. The van der Waals surface area contributed by atoms with Crippen molar-refractivity contribution < 1.29 is 4.79 Å². The molecule has 0 spiro atoms. The molecule has 2 aromatic heterocycles. The number of anilines is 5. The summed E-state index contributed by atoms with van der Waals surface area (Å²) in [7, 11) is 0. The Hall–Kier alpha value is -3.48. The van der Waals surface area contributed by atoms with Gasteiger partial charge in [0.25, 0.3) is 0 Å². The summed E-state index contributed by atoms with van der Waals surface area (Å²) >= 11 is 0. The molecule has 3 N–H and O–H groups in total. The van der Waals surface area contributed by atoms with Crippen molar-refractivity contribution in [2.24, 2.45) is 5.92 Å². The molecule has 1 aromatic carbocycles. The van der Waals surface area contributed by atoms with E-state index in [0.29, 0.717) is 17.5 Å². The Balaban J connectivity index is 1.45. The van der Waals surface area contributed by atoms with Crippen LogP contribution in [0.15, 0.2) is 48.7 Å². The van der Waals surface area contributed by atoms with E-state index < -0.39 is 0 Å². The molecule has 4 rings (SSSR count). The van der Waals surface area contributed by atoms with Gasteiger partial charge in [-0.15, -0.1) is 0 Å². The van der Waals surface area contributed by atoms with Crippen LogP contribution in [0.25, 0.3) is 0 Å². The van der Waals surface area contributed by atoms with Crippen molar-refractivity contribution in [1.29, 1.82) is 0 Å². The monoisotopic (exact) mass is 374 g/mol. The lowest BCUT2D eigenvalue weighted by Gasteiger charge is -2.11. The third-order valence-corrected chi connectivity index (χ3v) is 4.38. The van der Waals surface area contributed by atoms with Gasteiger partial charge in [-0.3, -0.25) is 4.79 Å². The van der Waals surface area contributed by atoms with Gasteiger partial charge in [-0.25, -0.2) is 15.0 Å². The molecule has 2 heterocycles. The Kier molecular flexibility index (Phi) is 4.89. The molecule has 7 heteroatoms. The smallest absolute Gasteiger partial charge is 0.227 e. The highest BCUT2D eigenvalue weighted by Gasteiger charge is 2.29. The molecule has 0 radical (unpaired) electrons. The molecule has 0 atom stereocenters. The van der Waals surface area contributed by atoms with Gasteiger partial charge in [0.2, 0.25) is 5.91 Å². The van der Waals surface area contributed by atoms with E-state index >= 15 is 0 Å². The number of aryl methyl sites for hydroxylation is 2. The van der Waals surface area contributed by atoms with Crippen LogP contribution >= 0.6 is 0 Å². The summed E-state index contributed by atoms with van der Waals surface area (Å²) in [6.07, 6.45) is 3.74. The summed E-state index contributed by atoms with van der Waals surface area (Å²) in [6.45, 7) is 3.86. The van der Waals surface area contributed by atoms with E-state index in [9.17, 15) is 4.79 Å². The predicted octanol–water partition coefficient (Wildman–Crippen LogP) is 4.32. The molecule has 3 aromatic rings. The van der Waals surface area contributed by atoms with E-state index in [-0.39, 0.29) is 11.8 Å². The number of nitrogens with one attached hydrogen (secondary N) is 3. The van der Waals surface area contributed by atoms with Gasteiger partial charge in [-0.05, 0) is 68.7 Å². The Bertz CT molecular complexity index is 998. The van der Waals surface area contributed by atoms with Crippen LogP contribution in [0.3, 0.4) is 0 Å². The number of pyridine rings is 1. The fourth-order valence-corrected chi connectivity index (χ4v) is 2.81. The molecule has 0 bridgehead atoms. The largest absolute Gasteiger partial charge is 0.340 e. The second-order valence-electron chi connectivity index (χ2n) is 6.99. The normalized spacial score (nSPS) is 13.1. The third kappa shape index (κ3) is 4.62. The minimum Gasteiger partial charge on any atom is -0.340 e. The number of hydrogen-bond donors (Lipinski definition) is 3. The van der Waals surface area contributed by atoms with Crippen LogP contribution in [0.2, 0.25) is 0 Å². The lowest BCUT2D eigenvalue weighted by molar-refractivity contribution is -0.117. The quantitative estimate of drug-likeness (QED) is 0.595. The van der Waals surface area contributed by atoms with Gasteiger partial charge in [0.15, 0.2) is 0 Å². The minimum atomic E-state index is 0.104. The zero-order valence-corrected chi connectivity index (χ0v) is 15.9. The Labute approximate surface area is 163 Å². The minimum absolute atomic E-state index is 0.104. The topological polar surface area (TPSA) is 91.8 Å². The lowest BCUT2D eigenvalue weighted by atomic mass is 10.2. The molecule has 1 aliphatic rings.